The number of aryl methyl sites for hydroxylation is 1. The molecule has 0 unspecified atom stereocenters. The Hall–Kier alpha value is -1.72. The van der Waals surface area contributed by atoms with Crippen LogP contribution in [-0.4, -0.2) is 39.9 Å². The Labute approximate surface area is 119 Å². The van der Waals surface area contributed by atoms with Crippen LogP contribution in [-0.2, 0) is 24.9 Å². The molecule has 2 aromatic rings. The first kappa shape index (κ1) is 13.3. The highest BCUT2D eigenvalue weighted by Crippen LogP contribution is 2.28. The third-order valence-corrected chi connectivity index (χ3v) is 3.69. The number of aromatic nitrogens is 3. The van der Waals surface area contributed by atoms with Crippen LogP contribution in [0.3, 0.4) is 0 Å². The fourth-order valence-electron chi connectivity index (χ4n) is 2.93. The Balaban J connectivity index is 1.79. The molecule has 1 aliphatic heterocycles. The predicted molar refractivity (Wildman–Crippen MR) is 76.2 cm³/mol. The summed E-state index contributed by atoms with van der Waals surface area (Å²) in [7, 11) is 3.73. The lowest BCUT2D eigenvalue weighted by Crippen LogP contribution is -2.34. The summed E-state index contributed by atoms with van der Waals surface area (Å²) in [4.78, 5) is 6.62. The van der Waals surface area contributed by atoms with Gasteiger partial charge in [0.2, 0.25) is 0 Å². The van der Waals surface area contributed by atoms with Crippen molar-refractivity contribution < 1.29 is 4.74 Å². The molecule has 106 valence electrons. The number of nitrogens with zero attached hydrogens (tertiary/aromatic N) is 4. The average molecular weight is 272 g/mol. The Morgan fingerprint density at radius 1 is 1.45 bits per heavy atom. The Morgan fingerprint density at radius 2 is 2.35 bits per heavy atom. The molecule has 0 spiro atoms. The highest BCUT2D eigenvalue weighted by atomic mass is 16.5. The third-order valence-electron chi connectivity index (χ3n) is 3.69. The van der Waals surface area contributed by atoms with E-state index in [0.29, 0.717) is 12.5 Å². The lowest BCUT2D eigenvalue weighted by molar-refractivity contribution is 0.134. The van der Waals surface area contributed by atoms with Crippen LogP contribution < -0.4 is 0 Å². The fourth-order valence-corrected chi connectivity index (χ4v) is 2.93. The smallest absolute Gasteiger partial charge is 0.0736 e. The van der Waals surface area contributed by atoms with Crippen molar-refractivity contribution in [3.8, 4) is 0 Å². The number of ether oxygens (including phenoxy) is 1. The lowest BCUT2D eigenvalue weighted by atomic mass is 9.97. The van der Waals surface area contributed by atoms with Crippen LogP contribution in [0.25, 0.3) is 0 Å². The molecule has 0 bridgehead atoms. The molecule has 0 aliphatic carbocycles. The molecule has 0 saturated carbocycles. The van der Waals surface area contributed by atoms with Gasteiger partial charge >= 0.3 is 0 Å². The van der Waals surface area contributed by atoms with Crippen LogP contribution in [0.15, 0.2) is 30.7 Å². The lowest BCUT2D eigenvalue weighted by Gasteiger charge is -2.31. The highest BCUT2D eigenvalue weighted by Gasteiger charge is 2.28. The van der Waals surface area contributed by atoms with Crippen molar-refractivity contribution in [1.29, 1.82) is 0 Å². The van der Waals surface area contributed by atoms with E-state index in [2.05, 4.69) is 27.2 Å². The number of hydrogen-bond acceptors (Lipinski definition) is 4. The molecular weight excluding hydrogens is 252 g/mol. The van der Waals surface area contributed by atoms with Crippen LogP contribution in [0.5, 0.6) is 0 Å². The number of fused-ring (bicyclic) bond motifs is 1. The summed E-state index contributed by atoms with van der Waals surface area (Å²) in [6.45, 7) is 3.56. The summed E-state index contributed by atoms with van der Waals surface area (Å²) < 4.78 is 7.26. The minimum atomic E-state index is 0.349. The zero-order chi connectivity index (χ0) is 13.9. The first-order valence-electron chi connectivity index (χ1n) is 6.89. The van der Waals surface area contributed by atoms with E-state index in [4.69, 9.17) is 4.74 Å². The van der Waals surface area contributed by atoms with Crippen LogP contribution in [0.2, 0.25) is 0 Å². The quantitative estimate of drug-likeness (QED) is 0.847. The van der Waals surface area contributed by atoms with E-state index >= 15 is 0 Å². The Bertz CT molecular complexity index is 567. The number of hydrogen-bond donors (Lipinski definition) is 0. The Kier molecular flexibility index (Phi) is 3.80. The second-order valence-electron chi connectivity index (χ2n) is 5.40. The van der Waals surface area contributed by atoms with Gasteiger partial charge in [-0.2, -0.15) is 5.10 Å². The molecule has 3 rings (SSSR count). The average Bonchev–Trinajstić information content (AvgIpc) is 2.81. The van der Waals surface area contributed by atoms with Crippen molar-refractivity contribution in [2.75, 3.05) is 20.3 Å². The number of pyridine rings is 1. The van der Waals surface area contributed by atoms with Crippen molar-refractivity contribution in [1.82, 2.24) is 19.7 Å². The SMILES string of the molecule is COC[C@H]1CN(Cc2cccnc2)Cc2cn(C)nc21. The van der Waals surface area contributed by atoms with Gasteiger partial charge in [-0.1, -0.05) is 6.07 Å². The van der Waals surface area contributed by atoms with Gasteiger partial charge in [-0.3, -0.25) is 14.6 Å². The van der Waals surface area contributed by atoms with Gasteiger partial charge in [0, 0.05) is 63.9 Å². The first-order chi connectivity index (χ1) is 9.76. The zero-order valence-corrected chi connectivity index (χ0v) is 12.0. The molecule has 0 saturated heterocycles. The van der Waals surface area contributed by atoms with Crippen molar-refractivity contribution >= 4 is 0 Å². The van der Waals surface area contributed by atoms with Gasteiger partial charge in [0.1, 0.15) is 0 Å². The molecule has 5 heteroatoms. The van der Waals surface area contributed by atoms with Gasteiger partial charge in [0.25, 0.3) is 0 Å². The van der Waals surface area contributed by atoms with Gasteiger partial charge in [-0.25, -0.2) is 0 Å². The van der Waals surface area contributed by atoms with Crippen LogP contribution >= 0.6 is 0 Å². The van der Waals surface area contributed by atoms with E-state index in [0.717, 1.165) is 19.6 Å². The summed E-state index contributed by atoms with van der Waals surface area (Å²) in [6.07, 6.45) is 5.87. The summed E-state index contributed by atoms with van der Waals surface area (Å²) >= 11 is 0. The van der Waals surface area contributed by atoms with E-state index in [1.165, 1.54) is 16.8 Å². The normalized spacial score (nSPS) is 19.0. The molecule has 0 radical (unpaired) electrons. The number of rotatable bonds is 4. The molecule has 1 atom stereocenters. The molecule has 0 fully saturated rings. The summed E-state index contributed by atoms with van der Waals surface area (Å²) in [5.74, 6) is 0.349. The third kappa shape index (κ3) is 2.73. The molecule has 0 aromatic carbocycles. The second kappa shape index (κ2) is 5.73. The van der Waals surface area contributed by atoms with E-state index < -0.39 is 0 Å². The van der Waals surface area contributed by atoms with Gasteiger partial charge in [0.15, 0.2) is 0 Å². The molecule has 3 heterocycles. The van der Waals surface area contributed by atoms with E-state index in [1.54, 1.807) is 7.11 Å². The van der Waals surface area contributed by atoms with E-state index in [1.807, 2.05) is 30.2 Å². The molecule has 2 aromatic heterocycles. The van der Waals surface area contributed by atoms with Gasteiger partial charge in [0.05, 0.1) is 12.3 Å². The summed E-state index contributed by atoms with van der Waals surface area (Å²) in [5.41, 5.74) is 3.75. The Morgan fingerprint density at radius 3 is 3.10 bits per heavy atom. The number of methoxy groups -OCH3 is 1. The molecule has 1 aliphatic rings. The maximum absolute atomic E-state index is 5.36. The molecule has 20 heavy (non-hydrogen) atoms. The van der Waals surface area contributed by atoms with Gasteiger partial charge in [-0.05, 0) is 11.6 Å². The highest BCUT2D eigenvalue weighted by molar-refractivity contribution is 5.25. The zero-order valence-electron chi connectivity index (χ0n) is 12.0. The van der Waals surface area contributed by atoms with Crippen molar-refractivity contribution in [3.05, 3.63) is 47.5 Å². The fraction of sp³-hybridized carbons (Fsp3) is 0.467. The van der Waals surface area contributed by atoms with Crippen molar-refractivity contribution in [2.45, 2.75) is 19.0 Å². The topological polar surface area (TPSA) is 43.2 Å². The predicted octanol–water partition coefficient (Wildman–Crippen LogP) is 1.56. The second-order valence-corrected chi connectivity index (χ2v) is 5.40. The molecule has 0 N–H and O–H groups in total. The molecule has 0 amide bonds. The summed E-state index contributed by atoms with van der Waals surface area (Å²) in [5, 5.41) is 4.59. The minimum absolute atomic E-state index is 0.349. The van der Waals surface area contributed by atoms with Crippen molar-refractivity contribution in [3.63, 3.8) is 0 Å². The molecule has 5 nitrogen and oxygen atoms in total. The maximum atomic E-state index is 5.36. The standard InChI is InChI=1S/C15H20N4O/c1-18-8-13-9-19(7-12-4-3-5-16-6-12)10-14(11-20-2)15(13)17-18/h3-6,8,14H,7,9-11H2,1-2H3/t14-/m1/s1. The van der Waals surface area contributed by atoms with Crippen LogP contribution in [0.1, 0.15) is 22.7 Å². The largest absolute Gasteiger partial charge is 0.384 e. The summed E-state index contributed by atoms with van der Waals surface area (Å²) in [6, 6.07) is 4.11. The van der Waals surface area contributed by atoms with Gasteiger partial charge in [-0.15, -0.1) is 0 Å². The first-order valence-corrected chi connectivity index (χ1v) is 6.89. The van der Waals surface area contributed by atoms with E-state index in [9.17, 15) is 0 Å². The monoisotopic (exact) mass is 272 g/mol. The minimum Gasteiger partial charge on any atom is -0.384 e. The van der Waals surface area contributed by atoms with Gasteiger partial charge < -0.3 is 4.74 Å². The molecular formula is C15H20N4O. The van der Waals surface area contributed by atoms with E-state index in [-0.39, 0.29) is 0 Å². The van der Waals surface area contributed by atoms with Crippen LogP contribution in [0.4, 0.5) is 0 Å². The van der Waals surface area contributed by atoms with Crippen LogP contribution in [0, 0.1) is 0 Å². The maximum Gasteiger partial charge on any atom is 0.0736 e. The van der Waals surface area contributed by atoms with Crippen molar-refractivity contribution in [2.24, 2.45) is 7.05 Å².